The number of aryl methyl sites for hydroxylation is 1. The Morgan fingerprint density at radius 1 is 1.26 bits per heavy atom. The molecular weight excluding hydrogens is 260 g/mol. The second-order valence-corrected chi connectivity index (χ2v) is 6.08. The lowest BCUT2D eigenvalue weighted by atomic mass is 10.1. The number of benzene rings is 1. The molecule has 0 aliphatic carbocycles. The van der Waals surface area contributed by atoms with Crippen LogP contribution in [0.25, 0.3) is 0 Å². The summed E-state index contributed by atoms with van der Waals surface area (Å²) in [6, 6.07) is 8.65. The number of nitrogens with zero attached hydrogens (tertiary/aromatic N) is 2. The first-order valence-electron chi connectivity index (χ1n) is 6.90. The number of halogens is 1. The Morgan fingerprint density at radius 2 is 1.95 bits per heavy atom. The van der Waals surface area contributed by atoms with E-state index in [0.29, 0.717) is 0 Å². The van der Waals surface area contributed by atoms with E-state index in [1.807, 2.05) is 6.92 Å². The van der Waals surface area contributed by atoms with Gasteiger partial charge in [-0.1, -0.05) is 29.8 Å². The third-order valence-electron chi connectivity index (χ3n) is 3.68. The predicted octanol–water partition coefficient (Wildman–Crippen LogP) is 2.06. The molecule has 1 N–H and O–H groups in total. The Hall–Kier alpha value is -0.610. The maximum atomic E-state index is 9.94. The molecule has 106 valence electrons. The minimum Gasteiger partial charge on any atom is -0.377 e. The lowest BCUT2D eigenvalue weighted by Gasteiger charge is -2.38. The van der Waals surface area contributed by atoms with Crippen LogP contribution in [-0.4, -0.2) is 52.7 Å². The van der Waals surface area contributed by atoms with Gasteiger partial charge in [-0.2, -0.15) is 0 Å². The Balaban J connectivity index is 1.83. The zero-order valence-corrected chi connectivity index (χ0v) is 12.5. The fraction of sp³-hybridized carbons (Fsp3) is 0.600. The van der Waals surface area contributed by atoms with Crippen LogP contribution in [0, 0.1) is 6.92 Å². The maximum Gasteiger partial charge on any atom is 0.123 e. The highest BCUT2D eigenvalue weighted by Gasteiger charge is 2.24. The van der Waals surface area contributed by atoms with Crippen molar-refractivity contribution in [3.8, 4) is 0 Å². The molecular formula is C15H23ClN2O. The largest absolute Gasteiger partial charge is 0.377 e. The molecule has 1 fully saturated rings. The maximum absolute atomic E-state index is 9.94. The van der Waals surface area contributed by atoms with Crippen LogP contribution in [-0.2, 0) is 6.54 Å². The van der Waals surface area contributed by atoms with E-state index in [9.17, 15) is 5.11 Å². The average Bonchev–Trinajstić information content (AvgIpc) is 2.39. The zero-order chi connectivity index (χ0) is 13.8. The lowest BCUT2D eigenvalue weighted by molar-refractivity contribution is -0.0257. The first kappa shape index (κ1) is 14.8. The van der Waals surface area contributed by atoms with E-state index in [-0.39, 0.29) is 5.38 Å². The summed E-state index contributed by atoms with van der Waals surface area (Å²) < 4.78 is 0. The van der Waals surface area contributed by atoms with Gasteiger partial charge in [0.1, 0.15) is 6.23 Å². The predicted molar refractivity (Wildman–Crippen MR) is 79.4 cm³/mol. The van der Waals surface area contributed by atoms with Gasteiger partial charge in [-0.05, 0) is 19.4 Å². The highest BCUT2D eigenvalue weighted by atomic mass is 35.5. The van der Waals surface area contributed by atoms with Gasteiger partial charge in [0, 0.05) is 32.7 Å². The highest BCUT2D eigenvalue weighted by molar-refractivity contribution is 6.20. The molecule has 0 aromatic heterocycles. The van der Waals surface area contributed by atoms with Crippen LogP contribution < -0.4 is 0 Å². The molecule has 0 radical (unpaired) electrons. The summed E-state index contributed by atoms with van der Waals surface area (Å²) in [5.41, 5.74) is 2.67. The van der Waals surface area contributed by atoms with Crippen LogP contribution in [0.4, 0.5) is 0 Å². The molecule has 0 amide bonds. The van der Waals surface area contributed by atoms with Crippen molar-refractivity contribution in [2.75, 3.05) is 26.2 Å². The standard InChI is InChI=1S/C15H23ClN2O/c1-12-4-3-5-14(10-12)11-17-6-8-18(9-7-17)15(19)13(2)16/h3-5,10,13,15,19H,6-9,11H2,1-2H3. The summed E-state index contributed by atoms with van der Waals surface area (Å²) in [5, 5.41) is 9.72. The molecule has 0 spiro atoms. The minimum atomic E-state index is -0.525. The van der Waals surface area contributed by atoms with Crippen LogP contribution in [0.1, 0.15) is 18.1 Å². The molecule has 1 aliphatic rings. The molecule has 19 heavy (non-hydrogen) atoms. The Morgan fingerprint density at radius 3 is 2.53 bits per heavy atom. The number of rotatable bonds is 4. The second kappa shape index (κ2) is 6.71. The normalized spacial score (nSPS) is 21.3. The summed E-state index contributed by atoms with van der Waals surface area (Å²) in [6.07, 6.45) is -0.525. The van der Waals surface area contributed by atoms with E-state index >= 15 is 0 Å². The van der Waals surface area contributed by atoms with Crippen LogP contribution in [0.3, 0.4) is 0 Å². The average molecular weight is 283 g/mol. The summed E-state index contributed by atoms with van der Waals surface area (Å²) in [7, 11) is 0. The van der Waals surface area contributed by atoms with Crippen molar-refractivity contribution in [1.82, 2.24) is 9.80 Å². The quantitative estimate of drug-likeness (QED) is 0.857. The Bertz CT molecular complexity index is 403. The molecule has 1 aromatic rings. The van der Waals surface area contributed by atoms with Crippen molar-refractivity contribution < 1.29 is 5.11 Å². The van der Waals surface area contributed by atoms with Gasteiger partial charge in [0.15, 0.2) is 0 Å². The minimum absolute atomic E-state index is 0.219. The van der Waals surface area contributed by atoms with Crippen LogP contribution >= 0.6 is 11.6 Å². The zero-order valence-electron chi connectivity index (χ0n) is 11.7. The summed E-state index contributed by atoms with van der Waals surface area (Å²) >= 11 is 5.94. The van der Waals surface area contributed by atoms with E-state index in [4.69, 9.17) is 11.6 Å². The van der Waals surface area contributed by atoms with E-state index in [0.717, 1.165) is 32.7 Å². The van der Waals surface area contributed by atoms with Gasteiger partial charge < -0.3 is 5.11 Å². The molecule has 4 heteroatoms. The van der Waals surface area contributed by atoms with Gasteiger partial charge in [-0.15, -0.1) is 11.6 Å². The van der Waals surface area contributed by atoms with Gasteiger partial charge in [0.05, 0.1) is 5.38 Å². The highest BCUT2D eigenvalue weighted by Crippen LogP contribution is 2.14. The number of aliphatic hydroxyl groups excluding tert-OH is 1. The number of alkyl halides is 1. The second-order valence-electron chi connectivity index (χ2n) is 5.39. The van der Waals surface area contributed by atoms with E-state index in [1.54, 1.807) is 0 Å². The van der Waals surface area contributed by atoms with Gasteiger partial charge in [0.25, 0.3) is 0 Å². The molecule has 1 saturated heterocycles. The van der Waals surface area contributed by atoms with Crippen molar-refractivity contribution >= 4 is 11.6 Å². The topological polar surface area (TPSA) is 26.7 Å². The molecule has 3 nitrogen and oxygen atoms in total. The fourth-order valence-corrected chi connectivity index (χ4v) is 2.70. The fourth-order valence-electron chi connectivity index (χ4n) is 2.55. The summed E-state index contributed by atoms with van der Waals surface area (Å²) in [4.78, 5) is 4.49. The number of hydrogen-bond donors (Lipinski definition) is 1. The van der Waals surface area contributed by atoms with Crippen molar-refractivity contribution in [3.63, 3.8) is 0 Å². The molecule has 2 rings (SSSR count). The van der Waals surface area contributed by atoms with Crippen LogP contribution in [0.15, 0.2) is 24.3 Å². The number of piperazine rings is 1. The SMILES string of the molecule is Cc1cccc(CN2CCN(C(O)C(C)Cl)CC2)c1. The molecule has 0 saturated carbocycles. The number of hydrogen-bond acceptors (Lipinski definition) is 3. The van der Waals surface area contributed by atoms with Gasteiger partial charge in [-0.3, -0.25) is 9.80 Å². The lowest BCUT2D eigenvalue weighted by Crippen LogP contribution is -2.52. The third-order valence-corrected chi connectivity index (χ3v) is 3.91. The molecule has 1 heterocycles. The first-order valence-corrected chi connectivity index (χ1v) is 7.34. The monoisotopic (exact) mass is 282 g/mol. The Labute approximate surface area is 120 Å². The van der Waals surface area contributed by atoms with Crippen molar-refractivity contribution in [2.45, 2.75) is 32.0 Å². The van der Waals surface area contributed by atoms with Gasteiger partial charge >= 0.3 is 0 Å². The molecule has 1 aromatic carbocycles. The smallest absolute Gasteiger partial charge is 0.123 e. The summed E-state index contributed by atoms with van der Waals surface area (Å²) in [5.74, 6) is 0. The molecule has 2 unspecified atom stereocenters. The molecule has 2 atom stereocenters. The van der Waals surface area contributed by atoms with Crippen molar-refractivity contribution in [2.24, 2.45) is 0 Å². The van der Waals surface area contributed by atoms with Crippen molar-refractivity contribution in [3.05, 3.63) is 35.4 Å². The third kappa shape index (κ3) is 4.18. The summed E-state index contributed by atoms with van der Waals surface area (Å²) in [6.45, 7) is 8.67. The van der Waals surface area contributed by atoms with Crippen LogP contribution in [0.5, 0.6) is 0 Å². The van der Waals surface area contributed by atoms with Gasteiger partial charge in [0.2, 0.25) is 0 Å². The molecule has 1 aliphatic heterocycles. The first-order chi connectivity index (χ1) is 9.06. The Kier molecular flexibility index (Phi) is 5.22. The van der Waals surface area contributed by atoms with E-state index in [1.165, 1.54) is 11.1 Å². The van der Waals surface area contributed by atoms with Crippen molar-refractivity contribution in [1.29, 1.82) is 0 Å². The van der Waals surface area contributed by atoms with E-state index in [2.05, 4.69) is 41.0 Å². The molecule has 0 bridgehead atoms. The van der Waals surface area contributed by atoms with Gasteiger partial charge in [-0.25, -0.2) is 0 Å². The van der Waals surface area contributed by atoms with Crippen LogP contribution in [0.2, 0.25) is 0 Å². The van der Waals surface area contributed by atoms with E-state index < -0.39 is 6.23 Å². The number of aliphatic hydroxyl groups is 1.